The second-order valence-corrected chi connectivity index (χ2v) is 5.87. The second kappa shape index (κ2) is 7.62. The molecule has 0 saturated carbocycles. The van der Waals surface area contributed by atoms with Crippen molar-refractivity contribution in [3.05, 3.63) is 77.9 Å². The molecule has 0 bridgehead atoms. The number of fused-ring (bicyclic) bond motifs is 1. The molecular formula is C21H19NO3. The molecule has 0 aliphatic heterocycles. The molecule has 1 N–H and O–H groups in total. The van der Waals surface area contributed by atoms with E-state index >= 15 is 0 Å². The molecule has 0 spiro atoms. The molecule has 3 rings (SSSR count). The number of hydrogen-bond donors (Lipinski definition) is 1. The van der Waals surface area contributed by atoms with Gasteiger partial charge in [-0.15, -0.1) is 0 Å². The van der Waals surface area contributed by atoms with Gasteiger partial charge in [-0.25, -0.2) is 0 Å². The Morgan fingerprint density at radius 3 is 2.64 bits per heavy atom. The summed E-state index contributed by atoms with van der Waals surface area (Å²) >= 11 is 0. The van der Waals surface area contributed by atoms with Gasteiger partial charge in [0.15, 0.2) is 6.61 Å². The van der Waals surface area contributed by atoms with E-state index in [4.69, 9.17) is 4.74 Å². The molecule has 0 radical (unpaired) electrons. The summed E-state index contributed by atoms with van der Waals surface area (Å²) in [4.78, 5) is 22.9. The Hall–Kier alpha value is -3.14. The average Bonchev–Trinajstić information content (AvgIpc) is 2.66. The number of carbonyl (C=O) groups is 2. The standard InChI is InChI=1S/C21H19NO3/c1-15(18-10-9-17-6-2-3-7-19(17)12-18)22-21(24)14-25-20-8-4-5-16(11-20)13-23/h2-13,15H,14H2,1H3,(H,22,24). The van der Waals surface area contributed by atoms with Gasteiger partial charge in [0.25, 0.3) is 5.91 Å². The van der Waals surface area contributed by atoms with Crippen LogP contribution in [0.4, 0.5) is 0 Å². The smallest absolute Gasteiger partial charge is 0.258 e. The number of carbonyl (C=O) groups excluding carboxylic acids is 2. The summed E-state index contributed by atoms with van der Waals surface area (Å²) in [6, 6.07) is 20.9. The largest absolute Gasteiger partial charge is 0.484 e. The molecule has 3 aromatic carbocycles. The number of amides is 1. The van der Waals surface area contributed by atoms with Crippen LogP contribution in [-0.2, 0) is 4.79 Å². The van der Waals surface area contributed by atoms with Gasteiger partial charge in [-0.1, -0.05) is 48.5 Å². The first-order valence-electron chi connectivity index (χ1n) is 8.12. The van der Waals surface area contributed by atoms with Gasteiger partial charge in [-0.05, 0) is 41.5 Å². The average molecular weight is 333 g/mol. The van der Waals surface area contributed by atoms with Gasteiger partial charge in [-0.3, -0.25) is 9.59 Å². The Kier molecular flexibility index (Phi) is 5.09. The molecule has 4 nitrogen and oxygen atoms in total. The fraction of sp³-hybridized carbons (Fsp3) is 0.143. The summed E-state index contributed by atoms with van der Waals surface area (Å²) < 4.78 is 5.45. The van der Waals surface area contributed by atoms with Crippen LogP contribution in [0, 0.1) is 0 Å². The lowest BCUT2D eigenvalue weighted by atomic mass is 10.0. The van der Waals surface area contributed by atoms with Crippen LogP contribution >= 0.6 is 0 Å². The number of rotatable bonds is 6. The molecule has 0 aliphatic carbocycles. The third-order valence-electron chi connectivity index (χ3n) is 4.02. The fourth-order valence-corrected chi connectivity index (χ4v) is 2.67. The summed E-state index contributed by atoms with van der Waals surface area (Å²) in [6.45, 7) is 1.84. The first-order valence-corrected chi connectivity index (χ1v) is 8.12. The highest BCUT2D eigenvalue weighted by molar-refractivity contribution is 5.83. The second-order valence-electron chi connectivity index (χ2n) is 5.87. The van der Waals surface area contributed by atoms with Gasteiger partial charge < -0.3 is 10.1 Å². The van der Waals surface area contributed by atoms with E-state index in [9.17, 15) is 9.59 Å². The predicted octanol–water partition coefficient (Wildman–Crippen LogP) is 3.91. The molecule has 0 fully saturated rings. The summed E-state index contributed by atoms with van der Waals surface area (Å²) in [5.74, 6) is 0.287. The Bertz CT molecular complexity index is 904. The van der Waals surface area contributed by atoms with Crippen LogP contribution in [0.25, 0.3) is 10.8 Å². The number of nitrogens with one attached hydrogen (secondary N) is 1. The lowest BCUT2D eigenvalue weighted by Crippen LogP contribution is -2.31. The van der Waals surface area contributed by atoms with E-state index in [-0.39, 0.29) is 18.6 Å². The topological polar surface area (TPSA) is 55.4 Å². The van der Waals surface area contributed by atoms with Crippen molar-refractivity contribution in [2.45, 2.75) is 13.0 Å². The van der Waals surface area contributed by atoms with E-state index in [0.29, 0.717) is 11.3 Å². The van der Waals surface area contributed by atoms with Crippen LogP contribution in [-0.4, -0.2) is 18.8 Å². The first kappa shape index (κ1) is 16.7. The lowest BCUT2D eigenvalue weighted by Gasteiger charge is -2.15. The first-order chi connectivity index (χ1) is 12.2. The van der Waals surface area contributed by atoms with Crippen molar-refractivity contribution in [3.8, 4) is 5.75 Å². The van der Waals surface area contributed by atoms with E-state index in [1.807, 2.05) is 25.1 Å². The Labute approximate surface area is 146 Å². The molecule has 1 unspecified atom stereocenters. The van der Waals surface area contributed by atoms with Gasteiger partial charge >= 0.3 is 0 Å². The van der Waals surface area contributed by atoms with Gasteiger partial charge in [0.05, 0.1) is 6.04 Å². The maximum atomic E-state index is 12.1. The van der Waals surface area contributed by atoms with E-state index < -0.39 is 0 Å². The molecule has 0 aliphatic rings. The molecule has 25 heavy (non-hydrogen) atoms. The zero-order chi connectivity index (χ0) is 17.6. The van der Waals surface area contributed by atoms with Crippen LogP contribution in [0.1, 0.15) is 28.9 Å². The molecule has 0 heterocycles. The fourth-order valence-electron chi connectivity index (χ4n) is 2.67. The number of ether oxygens (including phenoxy) is 1. The minimum Gasteiger partial charge on any atom is -0.484 e. The van der Waals surface area contributed by atoms with Crippen molar-refractivity contribution < 1.29 is 14.3 Å². The predicted molar refractivity (Wildman–Crippen MR) is 97.8 cm³/mol. The van der Waals surface area contributed by atoms with Crippen molar-refractivity contribution in [2.24, 2.45) is 0 Å². The van der Waals surface area contributed by atoms with Crippen molar-refractivity contribution in [3.63, 3.8) is 0 Å². The molecular weight excluding hydrogens is 314 g/mol. The Morgan fingerprint density at radius 2 is 1.84 bits per heavy atom. The van der Waals surface area contributed by atoms with Crippen molar-refractivity contribution in [1.82, 2.24) is 5.32 Å². The van der Waals surface area contributed by atoms with E-state index in [2.05, 4.69) is 29.6 Å². The van der Waals surface area contributed by atoms with E-state index in [0.717, 1.165) is 17.2 Å². The van der Waals surface area contributed by atoms with Gasteiger partial charge in [-0.2, -0.15) is 0 Å². The summed E-state index contributed by atoms with van der Waals surface area (Å²) in [6.07, 6.45) is 0.745. The molecule has 0 saturated heterocycles. The highest BCUT2D eigenvalue weighted by Gasteiger charge is 2.11. The summed E-state index contributed by atoms with van der Waals surface area (Å²) in [5.41, 5.74) is 1.55. The Balaban J connectivity index is 1.60. The molecule has 0 aromatic heterocycles. The van der Waals surface area contributed by atoms with Gasteiger partial charge in [0, 0.05) is 5.56 Å². The van der Waals surface area contributed by atoms with Crippen LogP contribution in [0.15, 0.2) is 66.7 Å². The number of hydrogen-bond acceptors (Lipinski definition) is 3. The molecule has 1 amide bonds. The summed E-state index contributed by atoms with van der Waals surface area (Å²) in [5, 5.41) is 5.24. The zero-order valence-corrected chi connectivity index (χ0v) is 13.9. The van der Waals surface area contributed by atoms with Gasteiger partial charge in [0.1, 0.15) is 12.0 Å². The number of benzene rings is 3. The van der Waals surface area contributed by atoms with Crippen molar-refractivity contribution >= 4 is 23.0 Å². The normalized spacial score (nSPS) is 11.7. The van der Waals surface area contributed by atoms with E-state index in [1.54, 1.807) is 24.3 Å². The zero-order valence-electron chi connectivity index (χ0n) is 13.9. The van der Waals surface area contributed by atoms with Crippen LogP contribution in [0.3, 0.4) is 0 Å². The maximum absolute atomic E-state index is 12.1. The lowest BCUT2D eigenvalue weighted by molar-refractivity contribution is -0.123. The minimum atomic E-state index is -0.211. The third-order valence-corrected chi connectivity index (χ3v) is 4.02. The highest BCUT2D eigenvalue weighted by Crippen LogP contribution is 2.20. The monoisotopic (exact) mass is 333 g/mol. The molecule has 126 valence electrons. The van der Waals surface area contributed by atoms with Crippen LogP contribution in [0.5, 0.6) is 5.75 Å². The SMILES string of the molecule is CC(NC(=O)COc1cccc(C=O)c1)c1ccc2ccccc2c1. The van der Waals surface area contributed by atoms with Crippen molar-refractivity contribution in [2.75, 3.05) is 6.61 Å². The highest BCUT2D eigenvalue weighted by atomic mass is 16.5. The van der Waals surface area contributed by atoms with Crippen molar-refractivity contribution in [1.29, 1.82) is 0 Å². The molecule has 1 atom stereocenters. The van der Waals surface area contributed by atoms with Crippen LogP contribution < -0.4 is 10.1 Å². The maximum Gasteiger partial charge on any atom is 0.258 e. The molecule has 4 heteroatoms. The third kappa shape index (κ3) is 4.23. The van der Waals surface area contributed by atoms with Crippen LogP contribution in [0.2, 0.25) is 0 Å². The Morgan fingerprint density at radius 1 is 1.04 bits per heavy atom. The minimum absolute atomic E-state index is 0.0970. The number of aldehydes is 1. The van der Waals surface area contributed by atoms with Gasteiger partial charge in [0.2, 0.25) is 0 Å². The molecule has 3 aromatic rings. The summed E-state index contributed by atoms with van der Waals surface area (Å²) in [7, 11) is 0. The quantitative estimate of drug-likeness (QED) is 0.696. The van der Waals surface area contributed by atoms with E-state index in [1.165, 1.54) is 5.39 Å².